The number of hydrogen-bond donors (Lipinski definition) is 1. The molecule has 1 N–H and O–H groups in total. The summed E-state index contributed by atoms with van der Waals surface area (Å²) in [5.74, 6) is -0.759. The van der Waals surface area contributed by atoms with E-state index in [-0.39, 0.29) is 5.75 Å². The van der Waals surface area contributed by atoms with Crippen LogP contribution in [0.25, 0.3) is 11.0 Å². The van der Waals surface area contributed by atoms with E-state index in [0.29, 0.717) is 6.04 Å². The van der Waals surface area contributed by atoms with Gasteiger partial charge in [-0.05, 0) is 38.6 Å². The van der Waals surface area contributed by atoms with Crippen molar-refractivity contribution in [1.29, 1.82) is 0 Å². The van der Waals surface area contributed by atoms with E-state index >= 15 is 0 Å². The third kappa shape index (κ3) is 3.06. The maximum atomic E-state index is 10.9. The molecule has 0 aliphatic carbocycles. The molecule has 1 fully saturated rings. The standard InChI is InChI=1S/C15H19N3O2S/c1-17-8-4-5-11(9-17)18-13-7-3-2-6-12(13)16-15(18)21-10-14(19)20/h2-3,6-7,11H,4-5,8-10H2,1H3,(H,19,20). The van der Waals surface area contributed by atoms with Gasteiger partial charge in [-0.2, -0.15) is 0 Å². The molecule has 112 valence electrons. The zero-order chi connectivity index (χ0) is 14.8. The van der Waals surface area contributed by atoms with Crippen molar-refractivity contribution in [3.05, 3.63) is 24.3 Å². The number of carboxylic acids is 1. The van der Waals surface area contributed by atoms with Gasteiger partial charge >= 0.3 is 5.97 Å². The van der Waals surface area contributed by atoms with Gasteiger partial charge < -0.3 is 14.6 Å². The monoisotopic (exact) mass is 305 g/mol. The van der Waals surface area contributed by atoms with Gasteiger partial charge in [-0.15, -0.1) is 0 Å². The molecular weight excluding hydrogens is 286 g/mol. The van der Waals surface area contributed by atoms with Gasteiger partial charge in [0.2, 0.25) is 0 Å². The minimum Gasteiger partial charge on any atom is -0.481 e. The lowest BCUT2D eigenvalue weighted by Gasteiger charge is -2.31. The number of para-hydroxylation sites is 2. The molecule has 5 nitrogen and oxygen atoms in total. The fourth-order valence-corrected chi connectivity index (χ4v) is 3.76. The molecule has 0 radical (unpaired) electrons. The first kappa shape index (κ1) is 14.4. The van der Waals surface area contributed by atoms with Gasteiger partial charge in [-0.1, -0.05) is 23.9 Å². The lowest BCUT2D eigenvalue weighted by molar-refractivity contribution is -0.133. The Morgan fingerprint density at radius 3 is 3.05 bits per heavy atom. The zero-order valence-electron chi connectivity index (χ0n) is 12.0. The Morgan fingerprint density at radius 2 is 2.29 bits per heavy atom. The summed E-state index contributed by atoms with van der Waals surface area (Å²) in [5.41, 5.74) is 2.05. The Morgan fingerprint density at radius 1 is 1.48 bits per heavy atom. The first-order chi connectivity index (χ1) is 10.1. The summed E-state index contributed by atoms with van der Waals surface area (Å²) >= 11 is 1.31. The number of benzene rings is 1. The van der Waals surface area contributed by atoms with E-state index < -0.39 is 5.97 Å². The average molecular weight is 305 g/mol. The molecule has 1 aromatic heterocycles. The molecule has 1 unspecified atom stereocenters. The number of rotatable bonds is 4. The molecule has 1 atom stereocenters. The van der Waals surface area contributed by atoms with Crippen molar-refractivity contribution in [2.24, 2.45) is 0 Å². The first-order valence-electron chi connectivity index (χ1n) is 7.15. The second-order valence-corrected chi connectivity index (χ2v) is 6.44. The van der Waals surface area contributed by atoms with E-state index in [1.165, 1.54) is 11.8 Å². The van der Waals surface area contributed by atoms with E-state index in [1.807, 2.05) is 18.2 Å². The predicted molar refractivity (Wildman–Crippen MR) is 83.9 cm³/mol. The molecule has 3 rings (SSSR count). The van der Waals surface area contributed by atoms with Crippen LogP contribution in [0, 0.1) is 0 Å². The number of likely N-dealkylation sites (N-methyl/N-ethyl adjacent to an activating group) is 1. The molecule has 1 aromatic carbocycles. The number of carboxylic acid groups (broad SMARTS) is 1. The maximum absolute atomic E-state index is 10.9. The molecule has 6 heteroatoms. The van der Waals surface area contributed by atoms with Crippen molar-refractivity contribution in [2.75, 3.05) is 25.9 Å². The number of aliphatic carboxylic acids is 1. The van der Waals surface area contributed by atoms with Crippen molar-refractivity contribution < 1.29 is 9.90 Å². The van der Waals surface area contributed by atoms with Gasteiger partial charge in [0, 0.05) is 12.6 Å². The van der Waals surface area contributed by atoms with Gasteiger partial charge in [-0.3, -0.25) is 4.79 Å². The molecule has 21 heavy (non-hydrogen) atoms. The zero-order valence-corrected chi connectivity index (χ0v) is 12.8. The van der Waals surface area contributed by atoms with Crippen LogP contribution in [0.15, 0.2) is 29.4 Å². The molecule has 1 aliphatic heterocycles. The number of piperidine rings is 1. The summed E-state index contributed by atoms with van der Waals surface area (Å²) in [7, 11) is 2.13. The third-order valence-electron chi connectivity index (χ3n) is 3.85. The fraction of sp³-hybridized carbons (Fsp3) is 0.467. The molecule has 1 saturated heterocycles. The maximum Gasteiger partial charge on any atom is 0.313 e. The highest BCUT2D eigenvalue weighted by molar-refractivity contribution is 7.99. The summed E-state index contributed by atoms with van der Waals surface area (Å²) in [6.45, 7) is 2.11. The fourth-order valence-electron chi connectivity index (χ4n) is 2.95. The van der Waals surface area contributed by atoms with Gasteiger partial charge in [0.15, 0.2) is 5.16 Å². The minimum absolute atomic E-state index is 0.0475. The Kier molecular flexibility index (Phi) is 4.17. The van der Waals surface area contributed by atoms with Crippen LogP contribution in [0.1, 0.15) is 18.9 Å². The molecule has 0 bridgehead atoms. The van der Waals surface area contributed by atoms with Crippen molar-refractivity contribution >= 4 is 28.8 Å². The number of fused-ring (bicyclic) bond motifs is 1. The highest BCUT2D eigenvalue weighted by Gasteiger charge is 2.24. The Labute approximate surface area is 128 Å². The number of aromatic nitrogens is 2. The van der Waals surface area contributed by atoms with Gasteiger partial charge in [-0.25, -0.2) is 4.98 Å². The largest absolute Gasteiger partial charge is 0.481 e. The second kappa shape index (κ2) is 6.07. The lowest BCUT2D eigenvalue weighted by Crippen LogP contribution is -2.33. The van der Waals surface area contributed by atoms with Crippen molar-refractivity contribution in [3.63, 3.8) is 0 Å². The van der Waals surface area contributed by atoms with Crippen LogP contribution in [0.3, 0.4) is 0 Å². The van der Waals surface area contributed by atoms with Crippen molar-refractivity contribution in [1.82, 2.24) is 14.5 Å². The number of hydrogen-bond acceptors (Lipinski definition) is 4. The van der Waals surface area contributed by atoms with Crippen LogP contribution < -0.4 is 0 Å². The molecule has 1 aliphatic rings. The molecule has 2 aromatic rings. The predicted octanol–water partition coefficient (Wildman–Crippen LogP) is 2.48. The van der Waals surface area contributed by atoms with Crippen LogP contribution in [-0.4, -0.2) is 51.4 Å². The summed E-state index contributed by atoms with van der Waals surface area (Å²) in [5, 5.41) is 9.75. The highest BCUT2D eigenvalue weighted by atomic mass is 32.2. The lowest BCUT2D eigenvalue weighted by atomic mass is 10.1. The van der Waals surface area contributed by atoms with Crippen LogP contribution in [0.5, 0.6) is 0 Å². The SMILES string of the molecule is CN1CCCC(n2c(SCC(=O)O)nc3ccccc32)C1. The third-order valence-corrected chi connectivity index (χ3v) is 4.79. The first-order valence-corrected chi connectivity index (χ1v) is 8.14. The van der Waals surface area contributed by atoms with E-state index in [1.54, 1.807) is 0 Å². The number of imidazole rings is 1. The molecular formula is C15H19N3O2S. The Hall–Kier alpha value is -1.53. The normalized spacial score (nSPS) is 20.0. The molecule has 0 spiro atoms. The molecule has 2 heterocycles. The van der Waals surface area contributed by atoms with E-state index in [2.05, 4.69) is 27.6 Å². The number of thioether (sulfide) groups is 1. The van der Waals surface area contributed by atoms with Crippen molar-refractivity contribution in [2.45, 2.75) is 24.0 Å². The second-order valence-electron chi connectivity index (χ2n) is 5.49. The van der Waals surface area contributed by atoms with Gasteiger partial charge in [0.1, 0.15) is 0 Å². The van der Waals surface area contributed by atoms with E-state index in [0.717, 1.165) is 42.1 Å². The molecule has 0 saturated carbocycles. The average Bonchev–Trinajstić information content (AvgIpc) is 2.83. The number of likely N-dealkylation sites (tertiary alicyclic amines) is 1. The topological polar surface area (TPSA) is 58.4 Å². The molecule has 0 amide bonds. The van der Waals surface area contributed by atoms with Crippen LogP contribution in [0.4, 0.5) is 0 Å². The van der Waals surface area contributed by atoms with Crippen LogP contribution in [-0.2, 0) is 4.79 Å². The quantitative estimate of drug-likeness (QED) is 0.879. The number of nitrogens with zero attached hydrogens (tertiary/aromatic N) is 3. The highest BCUT2D eigenvalue weighted by Crippen LogP contribution is 2.31. The summed E-state index contributed by atoms with van der Waals surface area (Å²) in [6, 6.07) is 8.41. The van der Waals surface area contributed by atoms with Crippen LogP contribution >= 0.6 is 11.8 Å². The summed E-state index contributed by atoms with van der Waals surface area (Å²) < 4.78 is 2.23. The minimum atomic E-state index is -0.806. The van der Waals surface area contributed by atoms with E-state index in [9.17, 15) is 4.79 Å². The smallest absolute Gasteiger partial charge is 0.313 e. The van der Waals surface area contributed by atoms with Crippen molar-refractivity contribution in [3.8, 4) is 0 Å². The van der Waals surface area contributed by atoms with Gasteiger partial charge in [0.25, 0.3) is 0 Å². The Balaban J connectivity index is 2.00. The summed E-state index contributed by atoms with van der Waals surface area (Å²) in [6.07, 6.45) is 2.28. The van der Waals surface area contributed by atoms with E-state index in [4.69, 9.17) is 5.11 Å². The van der Waals surface area contributed by atoms with Gasteiger partial charge in [0.05, 0.1) is 16.8 Å². The summed E-state index contributed by atoms with van der Waals surface area (Å²) in [4.78, 5) is 17.8. The number of carbonyl (C=O) groups is 1. The Bertz CT molecular complexity index is 655. The van der Waals surface area contributed by atoms with Crippen LogP contribution in [0.2, 0.25) is 0 Å².